The highest BCUT2D eigenvalue weighted by Gasteiger charge is 2.33. The minimum Gasteiger partial charge on any atom is -0.303 e. The van der Waals surface area contributed by atoms with E-state index in [1.165, 1.54) is 0 Å². The smallest absolute Gasteiger partial charge is 0.155 e. The summed E-state index contributed by atoms with van der Waals surface area (Å²) < 4.78 is 0. The first-order valence-corrected chi connectivity index (χ1v) is 5.76. The van der Waals surface area contributed by atoms with Gasteiger partial charge in [0.05, 0.1) is 5.54 Å². The summed E-state index contributed by atoms with van der Waals surface area (Å²) in [6.45, 7) is 13.8. The van der Waals surface area contributed by atoms with Gasteiger partial charge < -0.3 is 5.32 Å². The third-order valence-electron chi connectivity index (χ3n) is 2.52. The van der Waals surface area contributed by atoms with Crippen LogP contribution in [-0.2, 0) is 4.79 Å². The van der Waals surface area contributed by atoms with Gasteiger partial charge in [-0.15, -0.1) is 6.58 Å². The average molecular weight is 211 g/mol. The quantitative estimate of drug-likeness (QED) is 0.656. The highest BCUT2D eigenvalue weighted by atomic mass is 16.1. The van der Waals surface area contributed by atoms with Crippen LogP contribution in [0.25, 0.3) is 0 Å². The number of hydrogen-bond donors (Lipinski definition) is 1. The average Bonchev–Trinajstić information content (AvgIpc) is 2.12. The Labute approximate surface area is 94.1 Å². The summed E-state index contributed by atoms with van der Waals surface area (Å²) >= 11 is 0. The molecule has 15 heavy (non-hydrogen) atoms. The molecule has 2 nitrogen and oxygen atoms in total. The molecule has 0 amide bonds. The van der Waals surface area contributed by atoms with E-state index in [2.05, 4.69) is 25.7 Å². The molecular weight excluding hydrogens is 186 g/mol. The Bertz CT molecular complexity index is 221. The maximum Gasteiger partial charge on any atom is 0.155 e. The molecule has 0 aliphatic heterocycles. The van der Waals surface area contributed by atoms with Gasteiger partial charge in [0.15, 0.2) is 5.78 Å². The van der Waals surface area contributed by atoms with Crippen LogP contribution in [0.2, 0.25) is 0 Å². The molecule has 0 aromatic rings. The van der Waals surface area contributed by atoms with E-state index in [0.29, 0.717) is 6.04 Å². The summed E-state index contributed by atoms with van der Waals surface area (Å²) in [6, 6.07) is 0.322. The zero-order valence-electron chi connectivity index (χ0n) is 10.8. The standard InChI is InChI=1S/C13H25NO/c1-7-8-9-13(6,14-11(4)5)12(15)10(2)3/h7,10-11,14H,1,8-9H2,2-6H3. The van der Waals surface area contributed by atoms with E-state index in [1.54, 1.807) is 0 Å². The summed E-state index contributed by atoms with van der Waals surface area (Å²) in [5.74, 6) is 0.365. The first-order valence-electron chi connectivity index (χ1n) is 5.76. The van der Waals surface area contributed by atoms with E-state index in [9.17, 15) is 4.79 Å². The predicted octanol–water partition coefficient (Wildman–Crippen LogP) is 2.93. The maximum absolute atomic E-state index is 12.1. The molecule has 0 aromatic carbocycles. The van der Waals surface area contributed by atoms with Gasteiger partial charge in [-0.25, -0.2) is 0 Å². The van der Waals surface area contributed by atoms with Gasteiger partial charge in [-0.2, -0.15) is 0 Å². The third kappa shape index (κ3) is 4.61. The fourth-order valence-corrected chi connectivity index (χ4v) is 1.93. The largest absolute Gasteiger partial charge is 0.303 e. The Hall–Kier alpha value is -0.630. The van der Waals surface area contributed by atoms with E-state index < -0.39 is 5.54 Å². The molecule has 0 aliphatic carbocycles. The van der Waals surface area contributed by atoms with Crippen LogP contribution >= 0.6 is 0 Å². The van der Waals surface area contributed by atoms with Crippen molar-refractivity contribution in [3.63, 3.8) is 0 Å². The van der Waals surface area contributed by atoms with E-state index in [-0.39, 0.29) is 11.7 Å². The molecule has 1 unspecified atom stereocenters. The fraction of sp³-hybridized carbons (Fsp3) is 0.769. The van der Waals surface area contributed by atoms with Crippen molar-refractivity contribution in [3.8, 4) is 0 Å². The first kappa shape index (κ1) is 14.4. The molecule has 1 atom stereocenters. The first-order chi connectivity index (χ1) is 6.83. The number of ketones is 1. The molecule has 0 spiro atoms. The Balaban J connectivity index is 4.67. The maximum atomic E-state index is 12.1. The van der Waals surface area contributed by atoms with Crippen LogP contribution in [0.5, 0.6) is 0 Å². The normalized spacial score (nSPS) is 15.4. The topological polar surface area (TPSA) is 29.1 Å². The minimum absolute atomic E-state index is 0.0751. The molecule has 0 bridgehead atoms. The van der Waals surface area contributed by atoms with E-state index in [1.807, 2.05) is 26.8 Å². The zero-order valence-corrected chi connectivity index (χ0v) is 10.8. The minimum atomic E-state index is -0.406. The Morgan fingerprint density at radius 3 is 2.27 bits per heavy atom. The second-order valence-electron chi connectivity index (χ2n) is 4.98. The van der Waals surface area contributed by atoms with Crippen molar-refractivity contribution in [3.05, 3.63) is 12.7 Å². The number of hydrogen-bond acceptors (Lipinski definition) is 2. The number of rotatable bonds is 7. The van der Waals surface area contributed by atoms with Gasteiger partial charge in [-0.3, -0.25) is 4.79 Å². The molecule has 0 heterocycles. The summed E-state index contributed by atoms with van der Waals surface area (Å²) in [7, 11) is 0. The Morgan fingerprint density at radius 2 is 1.93 bits per heavy atom. The SMILES string of the molecule is C=CCCC(C)(NC(C)C)C(=O)C(C)C. The lowest BCUT2D eigenvalue weighted by Crippen LogP contribution is -2.53. The predicted molar refractivity (Wildman–Crippen MR) is 66.0 cm³/mol. The molecule has 0 aliphatic rings. The highest BCUT2D eigenvalue weighted by molar-refractivity contribution is 5.89. The summed E-state index contributed by atoms with van der Waals surface area (Å²) in [6.07, 6.45) is 3.56. The number of carbonyl (C=O) groups is 1. The van der Waals surface area contributed by atoms with Gasteiger partial charge in [0.2, 0.25) is 0 Å². The summed E-state index contributed by atoms with van der Waals surface area (Å²) in [5, 5.41) is 3.37. The summed E-state index contributed by atoms with van der Waals surface area (Å²) in [4.78, 5) is 12.1. The van der Waals surface area contributed by atoms with Gasteiger partial charge in [0, 0.05) is 12.0 Å². The second-order valence-corrected chi connectivity index (χ2v) is 4.98. The van der Waals surface area contributed by atoms with Crippen LogP contribution < -0.4 is 5.32 Å². The van der Waals surface area contributed by atoms with Crippen molar-refractivity contribution in [2.45, 2.75) is 59.0 Å². The van der Waals surface area contributed by atoms with Gasteiger partial charge in [0.25, 0.3) is 0 Å². The third-order valence-corrected chi connectivity index (χ3v) is 2.52. The van der Waals surface area contributed by atoms with E-state index in [0.717, 1.165) is 12.8 Å². The number of nitrogens with one attached hydrogen (secondary N) is 1. The zero-order chi connectivity index (χ0) is 12.1. The van der Waals surface area contributed by atoms with Gasteiger partial charge in [-0.1, -0.05) is 19.9 Å². The molecule has 0 fully saturated rings. The molecular formula is C13H25NO. The van der Waals surface area contributed by atoms with Crippen molar-refractivity contribution in [2.75, 3.05) is 0 Å². The van der Waals surface area contributed by atoms with Crippen LogP contribution in [-0.4, -0.2) is 17.4 Å². The molecule has 2 heteroatoms. The van der Waals surface area contributed by atoms with Crippen LogP contribution in [0.15, 0.2) is 12.7 Å². The number of carbonyl (C=O) groups excluding carboxylic acids is 1. The Kier molecular flexibility index (Phi) is 5.81. The lowest BCUT2D eigenvalue weighted by Gasteiger charge is -2.33. The van der Waals surface area contributed by atoms with Gasteiger partial charge >= 0.3 is 0 Å². The van der Waals surface area contributed by atoms with Gasteiger partial charge in [0.1, 0.15) is 0 Å². The monoisotopic (exact) mass is 211 g/mol. The van der Waals surface area contributed by atoms with E-state index >= 15 is 0 Å². The lowest BCUT2D eigenvalue weighted by atomic mass is 9.84. The number of Topliss-reactive ketones (excluding diaryl/α,β-unsaturated/α-hetero) is 1. The fourth-order valence-electron chi connectivity index (χ4n) is 1.93. The molecule has 0 saturated heterocycles. The summed E-state index contributed by atoms with van der Waals surface area (Å²) in [5.41, 5.74) is -0.406. The van der Waals surface area contributed by atoms with Crippen LogP contribution in [0.1, 0.15) is 47.5 Å². The van der Waals surface area contributed by atoms with Crippen LogP contribution in [0.4, 0.5) is 0 Å². The molecule has 88 valence electrons. The molecule has 0 rings (SSSR count). The van der Waals surface area contributed by atoms with Crippen LogP contribution in [0.3, 0.4) is 0 Å². The highest BCUT2D eigenvalue weighted by Crippen LogP contribution is 2.19. The van der Waals surface area contributed by atoms with Gasteiger partial charge in [-0.05, 0) is 33.6 Å². The molecule has 0 saturated carbocycles. The molecule has 1 N–H and O–H groups in total. The van der Waals surface area contributed by atoms with Crippen molar-refractivity contribution in [1.82, 2.24) is 5.32 Å². The molecule has 0 aromatic heterocycles. The van der Waals surface area contributed by atoms with Crippen molar-refractivity contribution >= 4 is 5.78 Å². The second kappa shape index (κ2) is 6.06. The lowest BCUT2D eigenvalue weighted by molar-refractivity contribution is -0.128. The number of allylic oxidation sites excluding steroid dienone is 1. The van der Waals surface area contributed by atoms with Crippen LogP contribution in [0, 0.1) is 5.92 Å². The molecule has 0 radical (unpaired) electrons. The van der Waals surface area contributed by atoms with Crippen molar-refractivity contribution in [2.24, 2.45) is 5.92 Å². The van der Waals surface area contributed by atoms with E-state index in [4.69, 9.17) is 0 Å². The Morgan fingerprint density at radius 1 is 1.40 bits per heavy atom. The van der Waals surface area contributed by atoms with Crippen molar-refractivity contribution < 1.29 is 4.79 Å². The van der Waals surface area contributed by atoms with Crippen molar-refractivity contribution in [1.29, 1.82) is 0 Å².